The van der Waals surface area contributed by atoms with Crippen LogP contribution in [-0.2, 0) is 21.1 Å². The van der Waals surface area contributed by atoms with Crippen LogP contribution < -0.4 is 5.32 Å². The van der Waals surface area contributed by atoms with E-state index in [1.54, 1.807) is 30.6 Å². The van der Waals surface area contributed by atoms with E-state index in [4.69, 9.17) is 0 Å². The minimum absolute atomic E-state index is 0.0867. The molecule has 1 aromatic carbocycles. The van der Waals surface area contributed by atoms with E-state index >= 15 is 0 Å². The van der Waals surface area contributed by atoms with Gasteiger partial charge in [0.2, 0.25) is 0 Å². The van der Waals surface area contributed by atoms with E-state index in [0.29, 0.717) is 10.5 Å². The van der Waals surface area contributed by atoms with E-state index < -0.39 is 46.1 Å². The van der Waals surface area contributed by atoms with Gasteiger partial charge in [-0.1, -0.05) is 36.4 Å². The maximum atomic E-state index is 13.4. The molecule has 29 heavy (non-hydrogen) atoms. The van der Waals surface area contributed by atoms with Crippen molar-refractivity contribution >= 4 is 22.7 Å². The highest BCUT2D eigenvalue weighted by Crippen LogP contribution is 2.36. The van der Waals surface area contributed by atoms with Gasteiger partial charge in [-0.2, -0.15) is 13.2 Å². The maximum Gasteiger partial charge on any atom is 0.436 e. The molecule has 0 fully saturated rings. The van der Waals surface area contributed by atoms with Crippen molar-refractivity contribution in [2.75, 3.05) is 12.1 Å². The fourth-order valence-electron chi connectivity index (χ4n) is 3.50. The average Bonchev–Trinajstić information content (AvgIpc) is 3.05. The number of hydrogen-bond donors (Lipinski definition) is 1. The largest absolute Gasteiger partial charge is 0.436 e. The lowest BCUT2D eigenvalue weighted by atomic mass is 9.69. The summed E-state index contributed by atoms with van der Waals surface area (Å²) in [4.78, 5) is 26.1. The second-order valence-corrected chi connectivity index (χ2v) is 8.73. The zero-order chi connectivity index (χ0) is 21.4. The summed E-state index contributed by atoms with van der Waals surface area (Å²) < 4.78 is 53.3. The molecule has 3 atom stereocenters. The van der Waals surface area contributed by atoms with Crippen molar-refractivity contribution in [2.45, 2.75) is 24.6 Å². The molecule has 0 spiro atoms. The Morgan fingerprint density at radius 1 is 1.21 bits per heavy atom. The average molecular weight is 427 g/mol. The van der Waals surface area contributed by atoms with Gasteiger partial charge in [-0.15, -0.1) is 0 Å². The second kappa shape index (κ2) is 7.70. The van der Waals surface area contributed by atoms with Gasteiger partial charge < -0.3 is 5.32 Å². The van der Waals surface area contributed by atoms with Crippen molar-refractivity contribution in [1.82, 2.24) is 10.2 Å². The molecule has 1 N–H and O–H groups in total. The summed E-state index contributed by atoms with van der Waals surface area (Å²) in [5, 5.41) is 3.60. The molecule has 0 saturated carbocycles. The van der Waals surface area contributed by atoms with E-state index in [9.17, 15) is 27.2 Å². The Morgan fingerprint density at radius 2 is 1.86 bits per heavy atom. The van der Waals surface area contributed by atoms with Crippen LogP contribution in [0.15, 0.2) is 59.7 Å². The fraction of sp³-hybridized carbons (Fsp3) is 0.300. The molecule has 3 rings (SSSR count). The minimum atomic E-state index is -4.66. The number of carbonyl (C=O) groups excluding carboxylic acids is 2. The number of alkyl halides is 3. The number of halogens is 4. The van der Waals surface area contributed by atoms with Crippen molar-refractivity contribution in [2.24, 2.45) is 0 Å². The third kappa shape index (κ3) is 3.96. The van der Waals surface area contributed by atoms with Crippen LogP contribution in [0.3, 0.4) is 0 Å². The molecular formula is C20H19F4N2O2S+. The Balaban J connectivity index is 1.94. The minimum Gasteiger partial charge on any atom is -0.330 e. The van der Waals surface area contributed by atoms with Crippen molar-refractivity contribution in [1.29, 1.82) is 0 Å². The molecule has 0 bridgehead atoms. The Kier molecular flexibility index (Phi) is 5.62. The Hall–Kier alpha value is -2.55. The molecule has 0 saturated heterocycles. The SMILES string of the molecule is CC(=O)C1(c2ccc(F)cc2)C=CC=CC1NC(=O)N1C[S+](C)C=C1C(F)(F)F. The number of nitrogens with one attached hydrogen (secondary N) is 1. The van der Waals surface area contributed by atoms with Crippen LogP contribution in [0.4, 0.5) is 22.4 Å². The summed E-state index contributed by atoms with van der Waals surface area (Å²) in [6, 6.07) is 3.37. The van der Waals surface area contributed by atoms with Gasteiger partial charge in [0.25, 0.3) is 0 Å². The van der Waals surface area contributed by atoms with Crippen LogP contribution in [0.25, 0.3) is 0 Å². The number of amides is 2. The summed E-state index contributed by atoms with van der Waals surface area (Å²) in [5.41, 5.74) is -1.93. The van der Waals surface area contributed by atoms with Crippen LogP contribution in [0.2, 0.25) is 0 Å². The molecule has 1 aliphatic carbocycles. The van der Waals surface area contributed by atoms with Gasteiger partial charge in [-0.25, -0.2) is 14.1 Å². The van der Waals surface area contributed by atoms with E-state index in [1.165, 1.54) is 31.2 Å². The van der Waals surface area contributed by atoms with E-state index in [2.05, 4.69) is 5.32 Å². The first-order valence-electron chi connectivity index (χ1n) is 8.67. The lowest BCUT2D eigenvalue weighted by molar-refractivity contribution is -0.121. The first kappa shape index (κ1) is 21.2. The Morgan fingerprint density at radius 3 is 2.45 bits per heavy atom. The first-order chi connectivity index (χ1) is 13.6. The van der Waals surface area contributed by atoms with E-state index in [-0.39, 0.29) is 11.7 Å². The predicted molar refractivity (Wildman–Crippen MR) is 103 cm³/mol. The van der Waals surface area contributed by atoms with E-state index in [1.807, 2.05) is 0 Å². The highest BCUT2D eigenvalue weighted by atomic mass is 32.2. The smallest absolute Gasteiger partial charge is 0.330 e. The third-order valence-electron chi connectivity index (χ3n) is 4.92. The van der Waals surface area contributed by atoms with Crippen LogP contribution in [0.5, 0.6) is 0 Å². The molecule has 154 valence electrons. The fourth-order valence-corrected chi connectivity index (χ4v) is 4.88. The number of hydrogen-bond acceptors (Lipinski definition) is 2. The van der Waals surface area contributed by atoms with Crippen LogP contribution in [-0.4, -0.2) is 41.1 Å². The molecular weight excluding hydrogens is 408 g/mol. The van der Waals surface area contributed by atoms with Gasteiger partial charge in [0, 0.05) is 10.9 Å². The monoisotopic (exact) mass is 427 g/mol. The second-order valence-electron chi connectivity index (χ2n) is 6.85. The van der Waals surface area contributed by atoms with Gasteiger partial charge >= 0.3 is 12.2 Å². The molecule has 1 aliphatic heterocycles. The molecule has 9 heteroatoms. The third-order valence-corrected chi connectivity index (χ3v) is 6.21. The number of ketones is 1. The van der Waals surface area contributed by atoms with Crippen molar-refractivity contribution in [3.05, 3.63) is 71.1 Å². The number of carbonyl (C=O) groups is 2. The number of urea groups is 1. The molecule has 1 heterocycles. The van der Waals surface area contributed by atoms with Gasteiger partial charge in [-0.3, -0.25) is 4.79 Å². The normalized spacial score (nSPS) is 26.4. The summed E-state index contributed by atoms with van der Waals surface area (Å²) in [6.45, 7) is 1.33. The Labute approximate surface area is 168 Å². The van der Waals surface area contributed by atoms with Crippen LogP contribution in [0.1, 0.15) is 12.5 Å². The highest BCUT2D eigenvalue weighted by molar-refractivity contribution is 7.99. The zero-order valence-corrected chi connectivity index (χ0v) is 16.5. The number of allylic oxidation sites excluding steroid dienone is 3. The molecule has 2 aliphatic rings. The van der Waals surface area contributed by atoms with Gasteiger partial charge in [0.05, 0.1) is 11.5 Å². The number of nitrogens with zero attached hydrogens (tertiary/aromatic N) is 1. The lowest BCUT2D eigenvalue weighted by Crippen LogP contribution is -2.56. The summed E-state index contributed by atoms with van der Waals surface area (Å²) in [7, 11) is -0.731. The van der Waals surface area contributed by atoms with Gasteiger partial charge in [0.15, 0.2) is 11.6 Å². The first-order valence-corrected chi connectivity index (χ1v) is 10.5. The molecule has 2 amide bonds. The Bertz CT molecular complexity index is 908. The standard InChI is InChI=1S/C20H18F4N2O2S/c1-13(27)19(14-6-8-15(21)9-7-14)10-4-3-5-16(19)25-18(28)26-12-29(2)11-17(26)20(22,23)24/h3-11,16H,12H2,1-2H3/p+1. The van der Waals surface area contributed by atoms with Crippen molar-refractivity contribution < 1.29 is 27.2 Å². The van der Waals surface area contributed by atoms with Gasteiger partial charge in [0.1, 0.15) is 23.3 Å². The predicted octanol–water partition coefficient (Wildman–Crippen LogP) is 3.78. The number of Topliss-reactive ketones (excluding diaryl/α,β-unsaturated/α-hetero) is 1. The van der Waals surface area contributed by atoms with Crippen LogP contribution >= 0.6 is 0 Å². The van der Waals surface area contributed by atoms with Crippen molar-refractivity contribution in [3.8, 4) is 0 Å². The van der Waals surface area contributed by atoms with Crippen molar-refractivity contribution in [3.63, 3.8) is 0 Å². The molecule has 3 unspecified atom stereocenters. The lowest BCUT2D eigenvalue weighted by Gasteiger charge is -2.38. The maximum absolute atomic E-state index is 13.4. The topological polar surface area (TPSA) is 49.4 Å². The quantitative estimate of drug-likeness (QED) is 0.590. The zero-order valence-electron chi connectivity index (χ0n) is 15.7. The molecule has 4 nitrogen and oxygen atoms in total. The summed E-state index contributed by atoms with van der Waals surface area (Å²) in [6.07, 6.45) is 3.29. The van der Waals surface area contributed by atoms with Gasteiger partial charge in [-0.05, 0) is 24.6 Å². The molecule has 0 aromatic heterocycles. The van der Waals surface area contributed by atoms with E-state index in [0.717, 1.165) is 5.41 Å². The highest BCUT2D eigenvalue weighted by Gasteiger charge is 2.50. The number of benzene rings is 1. The van der Waals surface area contributed by atoms with Crippen LogP contribution in [0, 0.1) is 5.82 Å². The molecule has 0 radical (unpaired) electrons. The summed E-state index contributed by atoms with van der Waals surface area (Å²) in [5.74, 6) is -0.912. The number of rotatable bonds is 3. The summed E-state index contributed by atoms with van der Waals surface area (Å²) >= 11 is 0. The molecule has 1 aromatic rings.